The molecule has 4 nitrogen and oxygen atoms in total. The van der Waals surface area contributed by atoms with Crippen LogP contribution in [0, 0.1) is 6.92 Å². The Balaban J connectivity index is 1.98. The van der Waals surface area contributed by atoms with E-state index < -0.39 is 0 Å². The number of benzene rings is 1. The standard InChI is InChI=1S/C15H12N4S/c1-10-14(19-7-8-20-15(19)18-10)13-12(16-9-17-13)11-5-3-2-4-6-11/h2-9H,1H3,(H,16,17). The maximum Gasteiger partial charge on any atom is 0.194 e. The van der Waals surface area contributed by atoms with Gasteiger partial charge in [0.25, 0.3) is 0 Å². The Morgan fingerprint density at radius 2 is 2.05 bits per heavy atom. The highest BCUT2D eigenvalue weighted by atomic mass is 32.1. The number of H-pyrrole nitrogens is 1. The number of aromatic amines is 1. The van der Waals surface area contributed by atoms with E-state index in [4.69, 9.17) is 0 Å². The van der Waals surface area contributed by atoms with Gasteiger partial charge in [-0.15, -0.1) is 11.3 Å². The molecule has 1 N–H and O–H groups in total. The lowest BCUT2D eigenvalue weighted by Gasteiger charge is -2.03. The first-order chi connectivity index (χ1) is 9.84. The second-order valence-electron chi connectivity index (χ2n) is 4.59. The van der Waals surface area contributed by atoms with Gasteiger partial charge in [-0.3, -0.25) is 4.40 Å². The van der Waals surface area contributed by atoms with Crippen molar-refractivity contribution in [1.82, 2.24) is 19.4 Å². The summed E-state index contributed by atoms with van der Waals surface area (Å²) in [5, 5.41) is 2.05. The van der Waals surface area contributed by atoms with Gasteiger partial charge in [0.2, 0.25) is 0 Å². The van der Waals surface area contributed by atoms with Crippen LogP contribution in [0.4, 0.5) is 0 Å². The van der Waals surface area contributed by atoms with Gasteiger partial charge >= 0.3 is 0 Å². The van der Waals surface area contributed by atoms with Crippen molar-refractivity contribution < 1.29 is 0 Å². The molecule has 0 amide bonds. The summed E-state index contributed by atoms with van der Waals surface area (Å²) in [6.45, 7) is 2.03. The van der Waals surface area contributed by atoms with E-state index in [9.17, 15) is 0 Å². The summed E-state index contributed by atoms with van der Waals surface area (Å²) in [6, 6.07) is 10.2. The van der Waals surface area contributed by atoms with E-state index in [2.05, 4.69) is 31.5 Å². The second-order valence-corrected chi connectivity index (χ2v) is 5.47. The number of aromatic nitrogens is 4. The molecule has 5 heteroatoms. The summed E-state index contributed by atoms with van der Waals surface area (Å²) in [5.41, 5.74) is 5.17. The van der Waals surface area contributed by atoms with Gasteiger partial charge in [-0.25, -0.2) is 9.97 Å². The topological polar surface area (TPSA) is 46.0 Å². The van der Waals surface area contributed by atoms with Crippen molar-refractivity contribution >= 4 is 16.3 Å². The summed E-state index contributed by atoms with van der Waals surface area (Å²) in [5.74, 6) is 0. The number of nitrogens with zero attached hydrogens (tertiary/aromatic N) is 3. The number of hydrogen-bond donors (Lipinski definition) is 1. The van der Waals surface area contributed by atoms with Crippen LogP contribution in [0.3, 0.4) is 0 Å². The first-order valence-electron chi connectivity index (χ1n) is 6.36. The zero-order valence-electron chi connectivity index (χ0n) is 10.9. The van der Waals surface area contributed by atoms with Gasteiger partial charge in [-0.05, 0) is 6.92 Å². The Morgan fingerprint density at radius 1 is 1.20 bits per heavy atom. The van der Waals surface area contributed by atoms with Crippen molar-refractivity contribution in [2.45, 2.75) is 6.92 Å². The molecule has 4 rings (SSSR count). The average molecular weight is 280 g/mol. The Bertz CT molecular complexity index is 870. The molecule has 0 atom stereocenters. The van der Waals surface area contributed by atoms with E-state index in [-0.39, 0.29) is 0 Å². The van der Waals surface area contributed by atoms with Crippen LogP contribution in [0.1, 0.15) is 5.69 Å². The highest BCUT2D eigenvalue weighted by Gasteiger charge is 2.17. The minimum atomic E-state index is 0.960. The first-order valence-corrected chi connectivity index (χ1v) is 7.24. The number of nitrogens with one attached hydrogen (secondary N) is 1. The fourth-order valence-corrected chi connectivity index (χ4v) is 3.24. The third kappa shape index (κ3) is 1.60. The number of thiazole rings is 1. The molecule has 0 aliphatic carbocycles. The Hall–Kier alpha value is -2.40. The molecule has 0 spiro atoms. The van der Waals surface area contributed by atoms with Crippen LogP contribution in [0.5, 0.6) is 0 Å². The first kappa shape index (κ1) is 11.4. The molecule has 4 aromatic rings. The van der Waals surface area contributed by atoms with Crippen LogP contribution in [0.15, 0.2) is 48.2 Å². The molecule has 0 saturated heterocycles. The Labute approximate surface area is 119 Å². The quantitative estimate of drug-likeness (QED) is 0.607. The molecule has 0 radical (unpaired) electrons. The average Bonchev–Trinajstić information content (AvgIpc) is 3.15. The summed E-state index contributed by atoms with van der Waals surface area (Å²) in [7, 11) is 0. The molecule has 0 unspecified atom stereocenters. The lowest BCUT2D eigenvalue weighted by atomic mass is 10.1. The van der Waals surface area contributed by atoms with Crippen LogP contribution in [-0.4, -0.2) is 19.4 Å². The van der Waals surface area contributed by atoms with Crippen LogP contribution >= 0.6 is 11.3 Å². The molecule has 98 valence electrons. The van der Waals surface area contributed by atoms with Gasteiger partial charge in [0.15, 0.2) is 4.96 Å². The Morgan fingerprint density at radius 3 is 2.90 bits per heavy atom. The number of imidazole rings is 2. The fraction of sp³-hybridized carbons (Fsp3) is 0.0667. The van der Waals surface area contributed by atoms with E-state index in [1.165, 1.54) is 0 Å². The van der Waals surface area contributed by atoms with Gasteiger partial charge < -0.3 is 4.98 Å². The molecule has 0 fully saturated rings. The van der Waals surface area contributed by atoms with Crippen LogP contribution < -0.4 is 0 Å². The van der Waals surface area contributed by atoms with Gasteiger partial charge in [-0.2, -0.15) is 0 Å². The highest BCUT2D eigenvalue weighted by Crippen LogP contribution is 2.32. The molecule has 3 heterocycles. The van der Waals surface area contributed by atoms with Crippen LogP contribution in [-0.2, 0) is 0 Å². The summed E-state index contributed by atoms with van der Waals surface area (Å²) >= 11 is 1.64. The van der Waals surface area contributed by atoms with E-state index in [0.29, 0.717) is 0 Å². The van der Waals surface area contributed by atoms with Crippen LogP contribution in [0.25, 0.3) is 27.6 Å². The second kappa shape index (κ2) is 4.31. The molecular weight excluding hydrogens is 268 g/mol. The molecule has 0 aliphatic heterocycles. The molecule has 0 aliphatic rings. The number of aryl methyl sites for hydroxylation is 1. The van der Waals surface area contributed by atoms with Crippen molar-refractivity contribution in [3.63, 3.8) is 0 Å². The zero-order chi connectivity index (χ0) is 13.5. The van der Waals surface area contributed by atoms with Gasteiger partial charge in [-0.1, -0.05) is 30.3 Å². The zero-order valence-corrected chi connectivity index (χ0v) is 11.7. The summed E-state index contributed by atoms with van der Waals surface area (Å²) in [6.07, 6.45) is 3.79. The minimum absolute atomic E-state index is 0.960. The van der Waals surface area contributed by atoms with Gasteiger partial charge in [0.05, 0.1) is 29.1 Å². The molecule has 0 saturated carbocycles. The number of hydrogen-bond acceptors (Lipinski definition) is 3. The highest BCUT2D eigenvalue weighted by molar-refractivity contribution is 7.15. The normalized spacial score (nSPS) is 11.2. The fourth-order valence-electron chi connectivity index (χ4n) is 2.48. The maximum absolute atomic E-state index is 4.60. The molecule has 3 aromatic heterocycles. The van der Waals surface area contributed by atoms with Gasteiger partial charge in [0.1, 0.15) is 0 Å². The van der Waals surface area contributed by atoms with Crippen LogP contribution in [0.2, 0.25) is 0 Å². The SMILES string of the molecule is Cc1nc2sccn2c1-c1[nH]cnc1-c1ccccc1. The molecule has 20 heavy (non-hydrogen) atoms. The molecular formula is C15H12N4S. The predicted octanol–water partition coefficient (Wildman–Crippen LogP) is 3.76. The van der Waals surface area contributed by atoms with Crippen molar-refractivity contribution in [3.05, 3.63) is 53.9 Å². The van der Waals surface area contributed by atoms with Crippen molar-refractivity contribution in [1.29, 1.82) is 0 Å². The maximum atomic E-state index is 4.60. The predicted molar refractivity (Wildman–Crippen MR) is 80.8 cm³/mol. The largest absolute Gasteiger partial charge is 0.343 e. The van der Waals surface area contributed by atoms with E-state index in [1.54, 1.807) is 17.7 Å². The minimum Gasteiger partial charge on any atom is -0.343 e. The van der Waals surface area contributed by atoms with Crippen molar-refractivity contribution in [2.24, 2.45) is 0 Å². The Kier molecular flexibility index (Phi) is 2.47. The monoisotopic (exact) mass is 280 g/mol. The molecule has 1 aromatic carbocycles. The van der Waals surface area contributed by atoms with E-state index in [1.807, 2.05) is 36.7 Å². The summed E-state index contributed by atoms with van der Waals surface area (Å²) in [4.78, 5) is 13.3. The molecule has 0 bridgehead atoms. The van der Waals surface area contributed by atoms with E-state index >= 15 is 0 Å². The lowest BCUT2D eigenvalue weighted by molar-refractivity contribution is 1.20. The van der Waals surface area contributed by atoms with Crippen molar-refractivity contribution in [3.8, 4) is 22.6 Å². The number of rotatable bonds is 2. The van der Waals surface area contributed by atoms with E-state index in [0.717, 1.165) is 33.3 Å². The third-order valence-corrected chi connectivity index (χ3v) is 4.12. The van der Waals surface area contributed by atoms with Crippen molar-refractivity contribution in [2.75, 3.05) is 0 Å². The lowest BCUT2D eigenvalue weighted by Crippen LogP contribution is -1.89. The third-order valence-electron chi connectivity index (χ3n) is 3.36. The van der Waals surface area contributed by atoms with Gasteiger partial charge in [0, 0.05) is 17.1 Å². The summed E-state index contributed by atoms with van der Waals surface area (Å²) < 4.78 is 2.11. The smallest absolute Gasteiger partial charge is 0.194 e. The number of fused-ring (bicyclic) bond motifs is 1.